The van der Waals surface area contributed by atoms with E-state index >= 15 is 0 Å². The van der Waals surface area contributed by atoms with Gasteiger partial charge in [-0.2, -0.15) is 0 Å². The van der Waals surface area contributed by atoms with Gasteiger partial charge in [0, 0.05) is 18.2 Å². The Balaban J connectivity index is 2.37. The third-order valence-electron chi connectivity index (χ3n) is 2.13. The summed E-state index contributed by atoms with van der Waals surface area (Å²) in [5.74, 6) is -0.281. The summed E-state index contributed by atoms with van der Waals surface area (Å²) < 4.78 is 4.73. The second-order valence-electron chi connectivity index (χ2n) is 3.82. The van der Waals surface area contributed by atoms with Crippen molar-refractivity contribution in [2.45, 2.75) is 31.8 Å². The predicted octanol–water partition coefficient (Wildman–Crippen LogP) is 1.08. The molecule has 0 aromatic carbocycles. The lowest BCUT2D eigenvalue weighted by molar-refractivity contribution is -0.144. The fourth-order valence-corrected chi connectivity index (χ4v) is 2.14. The molecule has 0 aliphatic heterocycles. The molecule has 19 heavy (non-hydrogen) atoms. The molecule has 1 aromatic rings. The lowest BCUT2D eigenvalue weighted by Crippen LogP contribution is -2.11. The number of Topliss-reactive ketones (excluding diaryl/α,β-unsaturated/α-hetero) is 1. The Morgan fingerprint density at radius 2 is 2.16 bits per heavy atom. The van der Waals surface area contributed by atoms with Crippen molar-refractivity contribution in [2.24, 2.45) is 0 Å². The number of hydrogen-bond acceptors (Lipinski definition) is 6. The molecule has 0 saturated heterocycles. The standard InChI is InChI=1S/C12H16N2O4S/c1-3-18-11(17)5-4-9(15)7-19-12-13-8(2)6-10(16)14-12/h6H,3-5,7H2,1-2H3,(H,13,14,16). The van der Waals surface area contributed by atoms with Crippen molar-refractivity contribution >= 4 is 23.5 Å². The van der Waals surface area contributed by atoms with Crippen LogP contribution in [0.5, 0.6) is 0 Å². The lowest BCUT2D eigenvalue weighted by atomic mass is 10.2. The van der Waals surface area contributed by atoms with Crippen LogP contribution in [-0.2, 0) is 14.3 Å². The van der Waals surface area contributed by atoms with Crippen molar-refractivity contribution in [3.05, 3.63) is 22.1 Å². The molecule has 1 heterocycles. The topological polar surface area (TPSA) is 89.1 Å². The zero-order valence-electron chi connectivity index (χ0n) is 10.9. The molecule has 0 fully saturated rings. The number of H-pyrrole nitrogens is 1. The summed E-state index contributed by atoms with van der Waals surface area (Å²) in [7, 11) is 0. The summed E-state index contributed by atoms with van der Waals surface area (Å²) >= 11 is 1.15. The maximum atomic E-state index is 11.5. The van der Waals surface area contributed by atoms with E-state index in [1.165, 1.54) is 6.07 Å². The molecule has 0 unspecified atom stereocenters. The average Bonchev–Trinajstić information content (AvgIpc) is 2.33. The van der Waals surface area contributed by atoms with E-state index in [0.29, 0.717) is 17.5 Å². The molecule has 7 heteroatoms. The molecule has 0 radical (unpaired) electrons. The first-order chi connectivity index (χ1) is 9.01. The largest absolute Gasteiger partial charge is 0.466 e. The molecule has 0 amide bonds. The van der Waals surface area contributed by atoms with Gasteiger partial charge in [0.2, 0.25) is 0 Å². The molecule has 1 aromatic heterocycles. The number of aryl methyl sites for hydroxylation is 1. The van der Waals surface area contributed by atoms with Gasteiger partial charge in [-0.1, -0.05) is 11.8 Å². The van der Waals surface area contributed by atoms with Gasteiger partial charge in [0.15, 0.2) is 5.16 Å². The summed E-state index contributed by atoms with van der Waals surface area (Å²) in [6.45, 7) is 3.74. The van der Waals surface area contributed by atoms with E-state index in [0.717, 1.165) is 11.8 Å². The Labute approximate surface area is 115 Å². The van der Waals surface area contributed by atoms with E-state index in [4.69, 9.17) is 4.74 Å². The van der Waals surface area contributed by atoms with Crippen LogP contribution in [0.1, 0.15) is 25.5 Å². The van der Waals surface area contributed by atoms with Crippen molar-refractivity contribution in [3.63, 3.8) is 0 Å². The number of carbonyl (C=O) groups is 2. The van der Waals surface area contributed by atoms with Gasteiger partial charge in [0.1, 0.15) is 5.78 Å². The maximum absolute atomic E-state index is 11.5. The minimum atomic E-state index is -0.372. The number of ether oxygens (including phenoxy) is 1. The summed E-state index contributed by atoms with van der Waals surface area (Å²) in [6.07, 6.45) is 0.229. The van der Waals surface area contributed by atoms with Gasteiger partial charge in [-0.3, -0.25) is 14.4 Å². The molecule has 1 N–H and O–H groups in total. The van der Waals surface area contributed by atoms with Crippen molar-refractivity contribution in [1.82, 2.24) is 9.97 Å². The van der Waals surface area contributed by atoms with E-state index in [1.54, 1.807) is 13.8 Å². The van der Waals surface area contributed by atoms with E-state index in [9.17, 15) is 14.4 Å². The van der Waals surface area contributed by atoms with E-state index < -0.39 is 0 Å². The predicted molar refractivity (Wildman–Crippen MR) is 71.2 cm³/mol. The lowest BCUT2D eigenvalue weighted by Gasteiger charge is -2.02. The molecule has 6 nitrogen and oxygen atoms in total. The van der Waals surface area contributed by atoms with Crippen LogP contribution < -0.4 is 5.56 Å². The molecule has 0 atom stereocenters. The minimum Gasteiger partial charge on any atom is -0.466 e. The van der Waals surface area contributed by atoms with Crippen molar-refractivity contribution < 1.29 is 14.3 Å². The Bertz CT molecular complexity index is 513. The van der Waals surface area contributed by atoms with Crippen molar-refractivity contribution in [2.75, 3.05) is 12.4 Å². The molecule has 0 aliphatic rings. The molecule has 0 aliphatic carbocycles. The Hall–Kier alpha value is -1.63. The highest BCUT2D eigenvalue weighted by molar-refractivity contribution is 7.99. The molecular formula is C12H16N2O4S. The third-order valence-corrected chi connectivity index (χ3v) is 3.06. The first kappa shape index (κ1) is 15.4. The van der Waals surface area contributed by atoms with Crippen LogP contribution >= 0.6 is 11.8 Å². The van der Waals surface area contributed by atoms with Gasteiger partial charge in [-0.25, -0.2) is 4.98 Å². The highest BCUT2D eigenvalue weighted by atomic mass is 32.2. The van der Waals surface area contributed by atoms with Crippen LogP contribution in [0.4, 0.5) is 0 Å². The van der Waals surface area contributed by atoms with Crippen LogP contribution in [0.2, 0.25) is 0 Å². The fourth-order valence-electron chi connectivity index (χ4n) is 1.32. The highest BCUT2D eigenvalue weighted by Gasteiger charge is 2.09. The number of nitrogens with zero attached hydrogens (tertiary/aromatic N) is 1. The summed E-state index contributed by atoms with van der Waals surface area (Å²) in [4.78, 5) is 40.4. The Kier molecular flexibility index (Phi) is 6.27. The van der Waals surface area contributed by atoms with Gasteiger partial charge >= 0.3 is 5.97 Å². The van der Waals surface area contributed by atoms with E-state index in [2.05, 4.69) is 9.97 Å². The molecular weight excluding hydrogens is 268 g/mol. The first-order valence-electron chi connectivity index (χ1n) is 5.89. The molecule has 0 saturated carbocycles. The van der Waals surface area contributed by atoms with Crippen LogP contribution in [0.15, 0.2) is 16.0 Å². The van der Waals surface area contributed by atoms with Crippen LogP contribution in [0, 0.1) is 6.92 Å². The SMILES string of the molecule is CCOC(=O)CCC(=O)CSc1nc(C)cc(=O)[nH]1. The summed E-state index contributed by atoms with van der Waals surface area (Å²) in [5.41, 5.74) is 0.360. The minimum absolute atomic E-state index is 0.0813. The number of ketones is 1. The average molecular weight is 284 g/mol. The molecule has 0 bridgehead atoms. The number of carbonyl (C=O) groups excluding carboxylic acids is 2. The first-order valence-corrected chi connectivity index (χ1v) is 6.88. The number of nitrogens with one attached hydrogen (secondary N) is 1. The number of aromatic nitrogens is 2. The number of esters is 1. The molecule has 104 valence electrons. The summed E-state index contributed by atoms with van der Waals surface area (Å²) in [5, 5.41) is 0.412. The van der Waals surface area contributed by atoms with Gasteiger partial charge in [0.25, 0.3) is 5.56 Å². The normalized spacial score (nSPS) is 10.2. The second kappa shape index (κ2) is 7.73. The van der Waals surface area contributed by atoms with Gasteiger partial charge in [0.05, 0.1) is 18.8 Å². The number of thioether (sulfide) groups is 1. The molecule has 1 rings (SSSR count). The Morgan fingerprint density at radius 3 is 2.79 bits per heavy atom. The van der Waals surface area contributed by atoms with Gasteiger partial charge in [-0.05, 0) is 13.8 Å². The number of hydrogen-bond donors (Lipinski definition) is 1. The smallest absolute Gasteiger partial charge is 0.306 e. The van der Waals surface area contributed by atoms with Gasteiger partial charge < -0.3 is 9.72 Å². The summed E-state index contributed by atoms with van der Waals surface area (Å²) in [6, 6.07) is 1.38. The number of aromatic amines is 1. The molecule has 0 spiro atoms. The van der Waals surface area contributed by atoms with Crippen molar-refractivity contribution in [1.29, 1.82) is 0 Å². The fraction of sp³-hybridized carbons (Fsp3) is 0.500. The monoisotopic (exact) mass is 284 g/mol. The second-order valence-corrected chi connectivity index (χ2v) is 4.79. The van der Waals surface area contributed by atoms with Crippen LogP contribution in [-0.4, -0.2) is 34.1 Å². The zero-order chi connectivity index (χ0) is 14.3. The van der Waals surface area contributed by atoms with Gasteiger partial charge in [-0.15, -0.1) is 0 Å². The Morgan fingerprint density at radius 1 is 1.42 bits per heavy atom. The number of rotatable bonds is 7. The van der Waals surface area contributed by atoms with Crippen molar-refractivity contribution in [3.8, 4) is 0 Å². The van der Waals surface area contributed by atoms with E-state index in [-0.39, 0.29) is 35.9 Å². The maximum Gasteiger partial charge on any atom is 0.306 e. The van der Waals surface area contributed by atoms with E-state index in [1.807, 2.05) is 0 Å². The third kappa shape index (κ3) is 6.19. The highest BCUT2D eigenvalue weighted by Crippen LogP contribution is 2.12. The quantitative estimate of drug-likeness (QED) is 0.458. The van der Waals surface area contributed by atoms with Crippen LogP contribution in [0.25, 0.3) is 0 Å². The zero-order valence-corrected chi connectivity index (χ0v) is 11.7. The van der Waals surface area contributed by atoms with Crippen LogP contribution in [0.3, 0.4) is 0 Å².